The number of amides is 1. The fourth-order valence-corrected chi connectivity index (χ4v) is 2.46. The molecule has 0 unspecified atom stereocenters. The number of nitrogens with zero attached hydrogens (tertiary/aromatic N) is 2. The summed E-state index contributed by atoms with van der Waals surface area (Å²) in [5.41, 5.74) is 6.20. The third-order valence-electron chi connectivity index (χ3n) is 4.00. The maximum Gasteiger partial charge on any atom is 0.238 e. The molecule has 3 aromatic rings. The van der Waals surface area contributed by atoms with Crippen molar-refractivity contribution in [2.75, 3.05) is 5.32 Å². The first-order valence-electron chi connectivity index (χ1n) is 7.63. The van der Waals surface area contributed by atoms with Gasteiger partial charge in [0, 0.05) is 11.3 Å². The molecular formula is C19H17N3O2. The lowest BCUT2D eigenvalue weighted by molar-refractivity contribution is -0.115. The van der Waals surface area contributed by atoms with Gasteiger partial charge < -0.3 is 9.73 Å². The quantitative estimate of drug-likeness (QED) is 0.781. The lowest BCUT2D eigenvalue weighted by Crippen LogP contribution is -2.11. The van der Waals surface area contributed by atoms with E-state index in [0.29, 0.717) is 11.6 Å². The van der Waals surface area contributed by atoms with Gasteiger partial charge in [0.25, 0.3) is 0 Å². The van der Waals surface area contributed by atoms with Crippen LogP contribution < -0.4 is 5.32 Å². The van der Waals surface area contributed by atoms with E-state index in [9.17, 15) is 4.79 Å². The number of benzene rings is 2. The number of fused-ring (bicyclic) bond motifs is 1. The Morgan fingerprint density at radius 3 is 2.67 bits per heavy atom. The second-order valence-corrected chi connectivity index (χ2v) is 5.84. The minimum Gasteiger partial charge on any atom is -0.436 e. The number of hydrogen-bond acceptors (Lipinski definition) is 4. The molecule has 0 atom stereocenters. The summed E-state index contributed by atoms with van der Waals surface area (Å²) in [5, 5.41) is 11.3. The van der Waals surface area contributed by atoms with Crippen LogP contribution in [0.15, 0.2) is 34.7 Å². The summed E-state index contributed by atoms with van der Waals surface area (Å²) in [6.45, 7) is 5.97. The monoisotopic (exact) mass is 319 g/mol. The van der Waals surface area contributed by atoms with E-state index in [1.807, 2.05) is 57.2 Å². The average Bonchev–Trinajstić information content (AvgIpc) is 2.93. The van der Waals surface area contributed by atoms with Gasteiger partial charge in [-0.05, 0) is 61.7 Å². The van der Waals surface area contributed by atoms with E-state index < -0.39 is 0 Å². The van der Waals surface area contributed by atoms with E-state index >= 15 is 0 Å². The molecular weight excluding hydrogens is 302 g/mol. The number of carbonyl (C=O) groups is 1. The summed E-state index contributed by atoms with van der Waals surface area (Å²) in [7, 11) is 0. The lowest BCUT2D eigenvalue weighted by atomic mass is 10.1. The second kappa shape index (κ2) is 6.17. The molecule has 2 aromatic carbocycles. The first kappa shape index (κ1) is 15.8. The van der Waals surface area contributed by atoms with Crippen LogP contribution in [0.25, 0.3) is 22.6 Å². The Labute approximate surface area is 139 Å². The van der Waals surface area contributed by atoms with Gasteiger partial charge in [-0.1, -0.05) is 6.07 Å². The second-order valence-electron chi connectivity index (χ2n) is 5.84. The highest BCUT2D eigenvalue weighted by Crippen LogP contribution is 2.29. The van der Waals surface area contributed by atoms with Gasteiger partial charge in [-0.15, -0.1) is 0 Å². The summed E-state index contributed by atoms with van der Waals surface area (Å²) in [6.07, 6.45) is -0.175. The van der Waals surface area contributed by atoms with E-state index in [0.717, 1.165) is 33.4 Å². The third kappa shape index (κ3) is 2.99. The summed E-state index contributed by atoms with van der Waals surface area (Å²) >= 11 is 0. The average molecular weight is 319 g/mol. The van der Waals surface area contributed by atoms with Crippen LogP contribution in [0.2, 0.25) is 0 Å². The van der Waals surface area contributed by atoms with E-state index in [1.54, 1.807) is 0 Å². The number of anilines is 1. The van der Waals surface area contributed by atoms with Gasteiger partial charge in [-0.3, -0.25) is 4.79 Å². The van der Waals surface area contributed by atoms with Crippen molar-refractivity contribution in [2.24, 2.45) is 0 Å². The molecule has 5 heteroatoms. The fourth-order valence-electron chi connectivity index (χ4n) is 2.46. The van der Waals surface area contributed by atoms with E-state index in [1.165, 1.54) is 0 Å². The predicted molar refractivity (Wildman–Crippen MR) is 92.5 cm³/mol. The summed E-state index contributed by atoms with van der Waals surface area (Å²) in [5.74, 6) is 0.173. The first-order chi connectivity index (χ1) is 11.5. The Hall–Kier alpha value is -3.13. The highest BCUT2D eigenvalue weighted by atomic mass is 16.3. The molecule has 0 spiro atoms. The summed E-state index contributed by atoms with van der Waals surface area (Å²) in [4.78, 5) is 16.2. The van der Waals surface area contributed by atoms with Crippen LogP contribution in [0.1, 0.15) is 23.1 Å². The largest absolute Gasteiger partial charge is 0.436 e. The molecule has 0 radical (unpaired) electrons. The standard InChI is InChI=1S/C19H17N3O2/c1-11-4-5-14(10-15(11)21-18(23)6-7-20)19-22-16-8-12(2)13(3)9-17(16)24-19/h4-5,8-10H,6H2,1-3H3,(H,21,23). The van der Waals surface area contributed by atoms with Gasteiger partial charge in [0.05, 0.1) is 6.07 Å². The summed E-state index contributed by atoms with van der Waals surface area (Å²) in [6, 6.07) is 11.4. The van der Waals surface area contributed by atoms with Crippen LogP contribution >= 0.6 is 0 Å². The van der Waals surface area contributed by atoms with Crippen LogP contribution in [0.3, 0.4) is 0 Å². The normalized spacial score (nSPS) is 10.6. The van der Waals surface area contributed by atoms with Crippen molar-refractivity contribution < 1.29 is 9.21 Å². The molecule has 0 saturated carbocycles. The molecule has 0 fully saturated rings. The fraction of sp³-hybridized carbons (Fsp3) is 0.211. The zero-order chi connectivity index (χ0) is 17.3. The molecule has 1 heterocycles. The van der Waals surface area contributed by atoms with Crippen molar-refractivity contribution >= 4 is 22.7 Å². The van der Waals surface area contributed by atoms with Gasteiger partial charge in [0.1, 0.15) is 11.9 Å². The van der Waals surface area contributed by atoms with Gasteiger partial charge in [0.2, 0.25) is 11.8 Å². The maximum absolute atomic E-state index is 11.7. The molecule has 0 bridgehead atoms. The van der Waals surface area contributed by atoms with Crippen LogP contribution in [0.5, 0.6) is 0 Å². The first-order valence-corrected chi connectivity index (χ1v) is 7.63. The number of aryl methyl sites for hydroxylation is 3. The van der Waals surface area contributed by atoms with E-state index in [2.05, 4.69) is 10.3 Å². The number of carbonyl (C=O) groups excluding carboxylic acids is 1. The zero-order valence-electron chi connectivity index (χ0n) is 13.8. The van der Waals surface area contributed by atoms with Crippen molar-refractivity contribution in [3.8, 4) is 17.5 Å². The number of rotatable bonds is 3. The van der Waals surface area contributed by atoms with Crippen LogP contribution in [0.4, 0.5) is 5.69 Å². The zero-order valence-corrected chi connectivity index (χ0v) is 13.8. The maximum atomic E-state index is 11.7. The minimum absolute atomic E-state index is 0.175. The van der Waals surface area contributed by atoms with E-state index in [-0.39, 0.29) is 12.3 Å². The minimum atomic E-state index is -0.332. The molecule has 0 aliphatic rings. The molecule has 0 aliphatic heterocycles. The van der Waals surface area contributed by atoms with Crippen molar-refractivity contribution in [2.45, 2.75) is 27.2 Å². The molecule has 5 nitrogen and oxygen atoms in total. The Bertz CT molecular complexity index is 941. The molecule has 0 aliphatic carbocycles. The molecule has 24 heavy (non-hydrogen) atoms. The molecule has 1 aromatic heterocycles. The third-order valence-corrected chi connectivity index (χ3v) is 4.00. The SMILES string of the molecule is Cc1cc2nc(-c3ccc(C)c(NC(=O)CC#N)c3)oc2cc1C. The van der Waals surface area contributed by atoms with Gasteiger partial charge in [0.15, 0.2) is 5.58 Å². The highest BCUT2D eigenvalue weighted by Gasteiger charge is 2.12. The van der Waals surface area contributed by atoms with Crippen molar-refractivity contribution in [1.29, 1.82) is 5.26 Å². The van der Waals surface area contributed by atoms with Gasteiger partial charge in [-0.25, -0.2) is 4.98 Å². The number of nitriles is 1. The number of hydrogen-bond donors (Lipinski definition) is 1. The van der Waals surface area contributed by atoms with Crippen molar-refractivity contribution in [3.63, 3.8) is 0 Å². The van der Waals surface area contributed by atoms with Crippen LogP contribution in [0, 0.1) is 32.1 Å². The number of aromatic nitrogens is 1. The number of nitrogens with one attached hydrogen (secondary N) is 1. The van der Waals surface area contributed by atoms with Crippen molar-refractivity contribution in [1.82, 2.24) is 4.98 Å². The Balaban J connectivity index is 2.00. The molecule has 120 valence electrons. The lowest BCUT2D eigenvalue weighted by Gasteiger charge is -2.08. The Kier molecular flexibility index (Phi) is 4.05. The summed E-state index contributed by atoms with van der Waals surface area (Å²) < 4.78 is 5.86. The Morgan fingerprint density at radius 1 is 1.17 bits per heavy atom. The Morgan fingerprint density at radius 2 is 1.92 bits per heavy atom. The molecule has 1 amide bonds. The smallest absolute Gasteiger partial charge is 0.238 e. The highest BCUT2D eigenvalue weighted by molar-refractivity contribution is 5.93. The van der Waals surface area contributed by atoms with Crippen molar-refractivity contribution in [3.05, 3.63) is 47.0 Å². The van der Waals surface area contributed by atoms with Gasteiger partial charge >= 0.3 is 0 Å². The van der Waals surface area contributed by atoms with Gasteiger partial charge in [-0.2, -0.15) is 5.26 Å². The molecule has 0 saturated heterocycles. The topological polar surface area (TPSA) is 78.9 Å². The predicted octanol–water partition coefficient (Wildman–Crippen LogP) is 4.27. The number of oxazole rings is 1. The molecule has 1 N–H and O–H groups in total. The van der Waals surface area contributed by atoms with Crippen LogP contribution in [-0.2, 0) is 4.79 Å². The molecule has 3 rings (SSSR count). The van der Waals surface area contributed by atoms with E-state index in [4.69, 9.17) is 9.68 Å². The van der Waals surface area contributed by atoms with Crippen LogP contribution in [-0.4, -0.2) is 10.9 Å².